The van der Waals surface area contributed by atoms with Crippen molar-refractivity contribution in [3.8, 4) is 0 Å². The van der Waals surface area contributed by atoms with E-state index in [2.05, 4.69) is 4.98 Å². The molecule has 0 unspecified atom stereocenters. The molecule has 0 aliphatic heterocycles. The van der Waals surface area contributed by atoms with Gasteiger partial charge in [-0.25, -0.2) is 0 Å². The SMILES string of the molecule is N=C(/C=C(\[OH2+])c1cccnc1)c1ccc(B(O)O)cc1. The molecular weight excluding hydrogens is 255 g/mol. The second-order valence-corrected chi connectivity index (χ2v) is 4.21. The van der Waals surface area contributed by atoms with Crippen LogP contribution < -0.4 is 5.46 Å². The molecule has 1 aromatic carbocycles. The highest BCUT2D eigenvalue weighted by Gasteiger charge is 2.11. The van der Waals surface area contributed by atoms with Crippen LogP contribution in [0, 0.1) is 5.41 Å². The van der Waals surface area contributed by atoms with E-state index in [1.807, 2.05) is 0 Å². The van der Waals surface area contributed by atoms with Gasteiger partial charge in [0.15, 0.2) is 0 Å². The molecule has 1 heterocycles. The van der Waals surface area contributed by atoms with Gasteiger partial charge >= 0.3 is 7.12 Å². The van der Waals surface area contributed by atoms with Crippen molar-refractivity contribution in [1.82, 2.24) is 4.98 Å². The molecule has 0 saturated heterocycles. The van der Waals surface area contributed by atoms with Gasteiger partial charge in [0, 0.05) is 12.4 Å². The molecule has 0 spiro atoms. The number of benzene rings is 1. The fourth-order valence-electron chi connectivity index (χ4n) is 1.67. The monoisotopic (exact) mass is 269 g/mol. The first kappa shape index (κ1) is 14.0. The lowest BCUT2D eigenvalue weighted by Crippen LogP contribution is -2.29. The number of nitrogens with one attached hydrogen (secondary N) is 1. The van der Waals surface area contributed by atoms with Crippen molar-refractivity contribution in [2.24, 2.45) is 0 Å². The van der Waals surface area contributed by atoms with E-state index in [9.17, 15) is 0 Å². The predicted octanol–water partition coefficient (Wildman–Crippen LogP) is -0.105. The van der Waals surface area contributed by atoms with Crippen LogP contribution in [0.5, 0.6) is 0 Å². The van der Waals surface area contributed by atoms with Gasteiger partial charge in [0.25, 0.3) is 5.76 Å². The molecule has 2 rings (SSSR count). The zero-order valence-corrected chi connectivity index (χ0v) is 10.6. The van der Waals surface area contributed by atoms with E-state index in [0.717, 1.165) is 0 Å². The van der Waals surface area contributed by atoms with E-state index in [0.29, 0.717) is 16.6 Å². The normalized spacial score (nSPS) is 11.2. The molecule has 1 aromatic heterocycles. The molecular formula is C14H14BN2O3+. The molecule has 0 aliphatic rings. The van der Waals surface area contributed by atoms with Crippen LogP contribution in [0.4, 0.5) is 0 Å². The zero-order valence-electron chi connectivity index (χ0n) is 10.6. The average Bonchev–Trinajstić information content (AvgIpc) is 2.48. The zero-order chi connectivity index (χ0) is 14.5. The molecule has 5 nitrogen and oxygen atoms in total. The van der Waals surface area contributed by atoms with Crippen LogP contribution in [0.2, 0.25) is 0 Å². The molecule has 0 radical (unpaired) electrons. The maximum atomic E-state index is 9.00. The van der Waals surface area contributed by atoms with Crippen molar-refractivity contribution in [2.45, 2.75) is 0 Å². The van der Waals surface area contributed by atoms with Crippen molar-refractivity contribution in [1.29, 1.82) is 5.41 Å². The fourth-order valence-corrected chi connectivity index (χ4v) is 1.67. The minimum atomic E-state index is -1.52. The number of hydrogen-bond donors (Lipinski definition) is 3. The first-order chi connectivity index (χ1) is 9.58. The predicted molar refractivity (Wildman–Crippen MR) is 78.9 cm³/mol. The Morgan fingerprint density at radius 2 is 1.85 bits per heavy atom. The topological polar surface area (TPSA) is 100 Å². The Balaban J connectivity index is 2.19. The van der Waals surface area contributed by atoms with Gasteiger partial charge in [-0.3, -0.25) is 10.4 Å². The molecule has 0 bridgehead atoms. The van der Waals surface area contributed by atoms with Gasteiger partial charge in [-0.15, -0.1) is 0 Å². The van der Waals surface area contributed by atoms with E-state index in [1.165, 1.54) is 18.2 Å². The van der Waals surface area contributed by atoms with Crippen LogP contribution >= 0.6 is 0 Å². The summed E-state index contributed by atoms with van der Waals surface area (Å²) in [7, 11) is -1.52. The summed E-state index contributed by atoms with van der Waals surface area (Å²) in [6.45, 7) is 0. The van der Waals surface area contributed by atoms with Crippen LogP contribution in [-0.2, 0) is 0 Å². The molecule has 0 amide bonds. The lowest BCUT2D eigenvalue weighted by atomic mass is 9.80. The first-order valence-electron chi connectivity index (χ1n) is 5.96. The van der Waals surface area contributed by atoms with Crippen LogP contribution in [0.25, 0.3) is 5.76 Å². The third-order valence-electron chi connectivity index (χ3n) is 2.78. The van der Waals surface area contributed by atoms with E-state index in [4.69, 9.17) is 20.6 Å². The van der Waals surface area contributed by atoms with Crippen molar-refractivity contribution in [3.05, 3.63) is 66.0 Å². The van der Waals surface area contributed by atoms with Gasteiger partial charge in [-0.1, -0.05) is 24.3 Å². The lowest BCUT2D eigenvalue weighted by Gasteiger charge is -2.02. The van der Waals surface area contributed by atoms with E-state index in [1.54, 1.807) is 36.7 Å². The molecule has 100 valence electrons. The van der Waals surface area contributed by atoms with Gasteiger partial charge in [-0.05, 0) is 23.2 Å². The summed E-state index contributed by atoms with van der Waals surface area (Å²) >= 11 is 0. The number of pyridine rings is 1. The maximum absolute atomic E-state index is 9.00. The van der Waals surface area contributed by atoms with E-state index in [-0.39, 0.29) is 11.5 Å². The van der Waals surface area contributed by atoms with Crippen molar-refractivity contribution < 1.29 is 15.2 Å². The second kappa shape index (κ2) is 6.14. The summed E-state index contributed by atoms with van der Waals surface area (Å²) in [5.41, 5.74) is 1.78. The highest BCUT2D eigenvalue weighted by atomic mass is 16.4. The molecule has 6 heteroatoms. The smallest absolute Gasteiger partial charge is 0.488 e. The van der Waals surface area contributed by atoms with Crippen molar-refractivity contribution in [3.63, 3.8) is 0 Å². The number of nitrogens with zero attached hydrogens (tertiary/aromatic N) is 1. The van der Waals surface area contributed by atoms with Gasteiger partial charge < -0.3 is 15.2 Å². The fraction of sp³-hybridized carbons (Fsp3) is 0. The molecule has 0 fully saturated rings. The number of aromatic nitrogens is 1. The number of rotatable bonds is 4. The van der Waals surface area contributed by atoms with E-state index < -0.39 is 7.12 Å². The van der Waals surface area contributed by atoms with Crippen LogP contribution in [0.1, 0.15) is 11.1 Å². The Labute approximate surface area is 116 Å². The minimum Gasteiger partial charge on any atom is -0.593 e. The third kappa shape index (κ3) is 3.31. The summed E-state index contributed by atoms with van der Waals surface area (Å²) < 4.78 is 0. The van der Waals surface area contributed by atoms with Crippen molar-refractivity contribution in [2.75, 3.05) is 0 Å². The quantitative estimate of drug-likeness (QED) is 0.312. The number of allylic oxidation sites excluding steroid dienone is 1. The van der Waals surface area contributed by atoms with Gasteiger partial charge in [0.05, 0.1) is 17.4 Å². The molecule has 0 aliphatic carbocycles. The van der Waals surface area contributed by atoms with Gasteiger partial charge in [0.2, 0.25) is 0 Å². The molecule has 5 N–H and O–H groups in total. The molecule has 0 saturated carbocycles. The standard InChI is InChI=1S/C14H13BN2O3/c16-13(8-14(18)11-2-1-7-17-9-11)10-3-5-12(6-4-10)15(19)20/h1-9,16,18-20H/p+1/b14-8-,16-13?. The largest absolute Gasteiger partial charge is 0.593 e. The van der Waals surface area contributed by atoms with E-state index >= 15 is 0 Å². The minimum absolute atomic E-state index is 0.179. The Morgan fingerprint density at radius 3 is 2.40 bits per heavy atom. The summed E-state index contributed by atoms with van der Waals surface area (Å²) in [5.74, 6) is 0.203. The second-order valence-electron chi connectivity index (χ2n) is 4.21. The summed E-state index contributed by atoms with van der Waals surface area (Å²) in [4.78, 5) is 3.93. The lowest BCUT2D eigenvalue weighted by molar-refractivity contribution is 0.426. The summed E-state index contributed by atoms with van der Waals surface area (Å²) in [5, 5.41) is 33.8. The highest BCUT2D eigenvalue weighted by molar-refractivity contribution is 6.58. The average molecular weight is 269 g/mol. The summed E-state index contributed by atoms with van der Waals surface area (Å²) in [6, 6.07) is 9.80. The van der Waals surface area contributed by atoms with Crippen LogP contribution in [-0.4, -0.2) is 33.0 Å². The Hall–Kier alpha value is -2.44. The Kier molecular flexibility index (Phi) is 4.29. The van der Waals surface area contributed by atoms with Gasteiger partial charge in [0.1, 0.15) is 0 Å². The summed E-state index contributed by atoms with van der Waals surface area (Å²) in [6.07, 6.45) is 4.62. The third-order valence-corrected chi connectivity index (χ3v) is 2.78. The first-order valence-corrected chi connectivity index (χ1v) is 5.96. The Bertz CT molecular complexity index is 625. The van der Waals surface area contributed by atoms with Crippen LogP contribution in [0.15, 0.2) is 54.9 Å². The molecule has 2 aromatic rings. The number of hydrogen-bond acceptors (Lipinski definition) is 4. The van der Waals surface area contributed by atoms with Crippen LogP contribution in [0.3, 0.4) is 0 Å². The maximum Gasteiger partial charge on any atom is 0.488 e. The highest BCUT2D eigenvalue weighted by Crippen LogP contribution is 2.11. The molecule has 0 atom stereocenters. The molecule has 20 heavy (non-hydrogen) atoms. The Morgan fingerprint density at radius 1 is 1.15 bits per heavy atom. The van der Waals surface area contributed by atoms with Gasteiger partial charge in [-0.2, -0.15) is 0 Å². The van der Waals surface area contributed by atoms with Crippen molar-refractivity contribution >= 4 is 24.1 Å².